The fraction of sp³-hybridized carbons (Fsp3) is 0.0303. The van der Waals surface area contributed by atoms with Crippen molar-refractivity contribution in [1.29, 1.82) is 10.8 Å². The minimum Gasteiger partial charge on any atom is -0.497 e. The highest BCUT2D eigenvalue weighted by Gasteiger charge is 2.17. The van der Waals surface area contributed by atoms with E-state index < -0.39 is 30.0 Å². The minimum absolute atomic E-state index is 0.0171. The van der Waals surface area contributed by atoms with E-state index in [2.05, 4.69) is 50.2 Å². The Bertz CT molecular complexity index is 2950. The maximum absolute atomic E-state index is 12.5. The SMILES string of the molecule is COc1ccc(Nc2nc(=N)[nH]c(=Nc3ccc(/C=C/c4ccc(N=c5[nH]c(=N)[nH]c(=Nc6ccccc6)[nH]5)cc4S(=O)(=O)O)c(S(=O)(=O)O)c3)[nH]2)cc1. The molecule has 0 aliphatic carbocycles. The van der Waals surface area contributed by atoms with Gasteiger partial charge in [0.2, 0.25) is 34.0 Å². The normalized spacial score (nSPS) is 13.1. The van der Waals surface area contributed by atoms with Crippen LogP contribution in [-0.4, -0.2) is 63.0 Å². The molecule has 6 rings (SSSR count). The van der Waals surface area contributed by atoms with Crippen LogP contribution in [0.4, 0.5) is 28.7 Å². The predicted molar refractivity (Wildman–Crippen MR) is 194 cm³/mol. The second-order valence-electron chi connectivity index (χ2n) is 11.1. The topological polar surface area (TPSA) is 307 Å². The number of aromatic nitrogens is 6. The second kappa shape index (κ2) is 15.3. The van der Waals surface area contributed by atoms with Gasteiger partial charge in [-0.05, 0) is 71.8 Å². The van der Waals surface area contributed by atoms with Crippen LogP contribution < -0.4 is 38.1 Å². The Morgan fingerprint density at radius 3 is 1.70 bits per heavy atom. The van der Waals surface area contributed by atoms with Crippen LogP contribution in [0.15, 0.2) is 116 Å². The summed E-state index contributed by atoms with van der Waals surface area (Å²) < 4.78 is 75.1. The molecule has 276 valence electrons. The van der Waals surface area contributed by atoms with Gasteiger partial charge in [-0.3, -0.25) is 44.8 Å². The lowest BCUT2D eigenvalue weighted by Gasteiger charge is -2.07. The van der Waals surface area contributed by atoms with E-state index in [-0.39, 0.29) is 56.5 Å². The average molecular weight is 771 g/mol. The molecule has 0 aliphatic heterocycles. The van der Waals surface area contributed by atoms with Gasteiger partial charge in [-0.1, -0.05) is 42.5 Å². The average Bonchev–Trinajstić information content (AvgIpc) is 3.11. The van der Waals surface area contributed by atoms with Crippen LogP contribution >= 0.6 is 0 Å². The number of H-pyrrole nitrogens is 5. The Kier molecular flexibility index (Phi) is 10.5. The van der Waals surface area contributed by atoms with Crippen LogP contribution in [-0.2, 0) is 20.2 Å². The van der Waals surface area contributed by atoms with Crippen LogP contribution in [0.2, 0.25) is 0 Å². The molecule has 0 unspecified atom stereocenters. The summed E-state index contributed by atoms with van der Waals surface area (Å²) in [5.74, 6) is 0.788. The number of nitrogens with zero attached hydrogens (tertiary/aromatic N) is 4. The molecule has 0 amide bonds. The van der Waals surface area contributed by atoms with Gasteiger partial charge in [0.05, 0.1) is 24.2 Å². The molecular weight excluding hydrogens is 741 g/mol. The summed E-state index contributed by atoms with van der Waals surface area (Å²) in [4.78, 5) is 29.6. The van der Waals surface area contributed by atoms with Crippen molar-refractivity contribution in [3.8, 4) is 5.75 Å². The highest BCUT2D eigenvalue weighted by Crippen LogP contribution is 2.27. The van der Waals surface area contributed by atoms with Crippen molar-refractivity contribution in [2.45, 2.75) is 9.79 Å². The first-order chi connectivity index (χ1) is 25.7. The molecule has 2 heterocycles. The molecule has 19 nitrogen and oxygen atoms in total. The summed E-state index contributed by atoms with van der Waals surface area (Å²) in [5.41, 5.74) is 1.06. The van der Waals surface area contributed by atoms with Gasteiger partial charge >= 0.3 is 0 Å². The molecule has 21 heteroatoms. The molecular formula is C33H30N12O7S2. The molecule has 54 heavy (non-hydrogen) atoms. The summed E-state index contributed by atoms with van der Waals surface area (Å²) >= 11 is 0. The lowest BCUT2D eigenvalue weighted by atomic mass is 10.1. The molecule has 0 fully saturated rings. The Morgan fingerprint density at radius 1 is 0.667 bits per heavy atom. The zero-order valence-electron chi connectivity index (χ0n) is 27.9. The fourth-order valence-electron chi connectivity index (χ4n) is 4.88. The van der Waals surface area contributed by atoms with E-state index in [4.69, 9.17) is 15.6 Å². The largest absolute Gasteiger partial charge is 0.497 e. The van der Waals surface area contributed by atoms with Crippen molar-refractivity contribution in [1.82, 2.24) is 29.9 Å². The van der Waals surface area contributed by atoms with Gasteiger partial charge in [-0.15, -0.1) is 0 Å². The van der Waals surface area contributed by atoms with E-state index in [0.29, 0.717) is 17.1 Å². The summed E-state index contributed by atoms with van der Waals surface area (Å²) in [5, 5.41) is 19.1. The number of para-hydroxylation sites is 1. The number of methoxy groups -OCH3 is 1. The Balaban J connectivity index is 1.33. The van der Waals surface area contributed by atoms with Crippen LogP contribution in [0.3, 0.4) is 0 Å². The Labute approximate surface area is 304 Å². The molecule has 0 bridgehead atoms. The number of hydrogen-bond donors (Lipinski definition) is 10. The smallest absolute Gasteiger partial charge is 0.295 e. The number of hydrogen-bond acceptors (Lipinski definition) is 12. The van der Waals surface area contributed by atoms with Crippen molar-refractivity contribution in [2.75, 3.05) is 12.4 Å². The first-order valence-electron chi connectivity index (χ1n) is 15.5. The minimum atomic E-state index is -4.84. The van der Waals surface area contributed by atoms with Gasteiger partial charge in [-0.25, -0.2) is 15.0 Å². The summed E-state index contributed by atoms with van der Waals surface area (Å²) in [6.07, 6.45) is 2.46. The van der Waals surface area contributed by atoms with Crippen LogP contribution in [0.5, 0.6) is 5.75 Å². The monoisotopic (exact) mass is 770 g/mol. The third-order valence-electron chi connectivity index (χ3n) is 7.25. The number of nitrogens with one attached hydrogen (secondary N) is 8. The molecule has 0 spiro atoms. The third-order valence-corrected chi connectivity index (χ3v) is 9.06. The molecule has 0 aliphatic rings. The molecule has 6 aromatic rings. The first-order valence-corrected chi connectivity index (χ1v) is 18.3. The van der Waals surface area contributed by atoms with Gasteiger partial charge in [0, 0.05) is 5.69 Å². The lowest BCUT2D eigenvalue weighted by Crippen LogP contribution is -2.36. The molecule has 0 atom stereocenters. The van der Waals surface area contributed by atoms with Gasteiger partial charge in [0.1, 0.15) is 15.5 Å². The predicted octanol–water partition coefficient (Wildman–Crippen LogP) is 2.79. The third kappa shape index (κ3) is 9.48. The van der Waals surface area contributed by atoms with Gasteiger partial charge < -0.3 is 10.1 Å². The van der Waals surface area contributed by atoms with Crippen molar-refractivity contribution in [2.24, 2.45) is 15.0 Å². The highest BCUT2D eigenvalue weighted by molar-refractivity contribution is 7.86. The molecule has 0 saturated carbocycles. The quantitative estimate of drug-likeness (QED) is 0.0722. The van der Waals surface area contributed by atoms with Crippen molar-refractivity contribution in [3.63, 3.8) is 0 Å². The van der Waals surface area contributed by atoms with Crippen LogP contribution in [0, 0.1) is 10.8 Å². The van der Waals surface area contributed by atoms with Crippen LogP contribution in [0.1, 0.15) is 11.1 Å². The van der Waals surface area contributed by atoms with E-state index in [9.17, 15) is 25.9 Å². The lowest BCUT2D eigenvalue weighted by molar-refractivity contribution is 0.415. The zero-order valence-corrected chi connectivity index (χ0v) is 29.5. The standard InChI is InChI=1S/C33H30N12O7S2/c1-52-25-15-13-22(14-16-25)37-31-41-29(35)43-33(45-31)39-24-12-10-20(27(18-24)54(49,50)51)8-7-19-9-11-23(17-26(19)53(46,47)48)38-32-42-28(34)40-30(44-32)36-21-5-3-2-4-6-21/h2-18H,1H3,(H,46,47,48)(H,49,50,51)(H4,34,36,38,40,42,44)(H4,35,37,39,41,43,45)/b8-7+. The first kappa shape index (κ1) is 36.8. The highest BCUT2D eigenvalue weighted by atomic mass is 32.2. The van der Waals surface area contributed by atoms with E-state index in [0.717, 1.165) is 12.1 Å². The van der Waals surface area contributed by atoms with E-state index >= 15 is 0 Å². The zero-order chi connectivity index (χ0) is 38.5. The molecule has 0 saturated heterocycles. The maximum Gasteiger partial charge on any atom is 0.295 e. The van der Waals surface area contributed by atoms with Gasteiger partial charge in [0.25, 0.3) is 20.2 Å². The second-order valence-corrected chi connectivity index (χ2v) is 13.9. The van der Waals surface area contributed by atoms with E-state index in [1.165, 1.54) is 43.5 Å². The number of rotatable bonds is 10. The van der Waals surface area contributed by atoms with Crippen molar-refractivity contribution in [3.05, 3.63) is 130 Å². The number of anilines is 2. The van der Waals surface area contributed by atoms with E-state index in [1.54, 1.807) is 48.5 Å². The van der Waals surface area contributed by atoms with Crippen molar-refractivity contribution < 1.29 is 30.7 Å². The molecule has 0 radical (unpaired) electrons. The van der Waals surface area contributed by atoms with Gasteiger partial charge in [0.15, 0.2) is 0 Å². The fourth-order valence-corrected chi connectivity index (χ4v) is 6.29. The Morgan fingerprint density at radius 2 is 1.19 bits per heavy atom. The number of aromatic amines is 5. The summed E-state index contributed by atoms with van der Waals surface area (Å²) in [7, 11) is -8.14. The van der Waals surface area contributed by atoms with Crippen LogP contribution in [0.25, 0.3) is 12.2 Å². The maximum atomic E-state index is 12.5. The number of benzene rings is 4. The van der Waals surface area contributed by atoms with Crippen molar-refractivity contribution >= 4 is 61.1 Å². The van der Waals surface area contributed by atoms with Gasteiger partial charge in [-0.2, -0.15) is 21.8 Å². The van der Waals surface area contributed by atoms with E-state index in [1.807, 2.05) is 6.07 Å². The molecule has 10 N–H and O–H groups in total. The summed E-state index contributed by atoms with van der Waals surface area (Å²) in [6, 6.07) is 23.5. The molecule has 4 aromatic carbocycles. The Hall–Kier alpha value is -6.94. The summed E-state index contributed by atoms with van der Waals surface area (Å²) in [6.45, 7) is 0. The number of ether oxygens (including phenoxy) is 1. The molecule has 2 aromatic heterocycles.